The summed E-state index contributed by atoms with van der Waals surface area (Å²) in [5.74, 6) is 1.69. The Labute approximate surface area is 126 Å². The predicted molar refractivity (Wildman–Crippen MR) is 81.0 cm³/mol. The van der Waals surface area contributed by atoms with Crippen molar-refractivity contribution in [2.45, 2.75) is 39.5 Å². The number of fused-ring (bicyclic) bond motifs is 1. The maximum absolute atomic E-state index is 14.0. The van der Waals surface area contributed by atoms with Crippen molar-refractivity contribution >= 4 is 0 Å². The first-order valence-electron chi connectivity index (χ1n) is 8.12. The van der Waals surface area contributed by atoms with Crippen molar-refractivity contribution < 1.29 is 8.78 Å². The molecule has 1 nitrogen and oxygen atoms in total. The van der Waals surface area contributed by atoms with Crippen molar-refractivity contribution in [2.24, 2.45) is 23.2 Å². The van der Waals surface area contributed by atoms with Gasteiger partial charge in [-0.1, -0.05) is 13.8 Å². The Hall–Kier alpha value is -0.960. The molecular formula is C18H25F2N. The number of hydrogen-bond acceptors (Lipinski definition) is 1. The van der Waals surface area contributed by atoms with Crippen molar-refractivity contribution in [3.05, 3.63) is 35.4 Å². The van der Waals surface area contributed by atoms with Crippen LogP contribution in [0.5, 0.6) is 0 Å². The van der Waals surface area contributed by atoms with Crippen LogP contribution in [0.3, 0.4) is 0 Å². The summed E-state index contributed by atoms with van der Waals surface area (Å²) < 4.78 is 27.4. The van der Waals surface area contributed by atoms with E-state index in [1.807, 2.05) is 0 Å². The van der Waals surface area contributed by atoms with E-state index >= 15 is 0 Å². The summed E-state index contributed by atoms with van der Waals surface area (Å²) in [4.78, 5) is 0. The van der Waals surface area contributed by atoms with E-state index in [-0.39, 0.29) is 17.0 Å². The lowest BCUT2D eigenvalue weighted by Crippen LogP contribution is -2.37. The van der Waals surface area contributed by atoms with Gasteiger partial charge in [-0.15, -0.1) is 0 Å². The number of nitrogens with one attached hydrogen (secondary N) is 1. The van der Waals surface area contributed by atoms with E-state index in [0.29, 0.717) is 17.9 Å². The van der Waals surface area contributed by atoms with Gasteiger partial charge in [0.15, 0.2) is 0 Å². The highest BCUT2D eigenvalue weighted by molar-refractivity contribution is 5.22. The Balaban J connectivity index is 1.72. The number of rotatable bonds is 6. The number of hydrogen-bond donors (Lipinski definition) is 1. The molecule has 2 saturated carbocycles. The molecule has 2 aliphatic carbocycles. The molecule has 0 radical (unpaired) electrons. The standard InChI is InChI=1S/C18H25F2N/c1-12(2)10-21-11-18(7-13-5-14(13)8-18)9-15-6-16(19)3-4-17(15)20/h3-4,6,12-14,21H,5,7-11H2,1-2H3. The molecule has 2 fully saturated rings. The van der Waals surface area contributed by atoms with Gasteiger partial charge in [-0.2, -0.15) is 0 Å². The van der Waals surface area contributed by atoms with Gasteiger partial charge in [0.25, 0.3) is 0 Å². The fraction of sp³-hybridized carbons (Fsp3) is 0.667. The monoisotopic (exact) mass is 293 g/mol. The minimum Gasteiger partial charge on any atom is -0.316 e. The molecule has 0 saturated heterocycles. The van der Waals surface area contributed by atoms with Gasteiger partial charge < -0.3 is 5.32 Å². The highest BCUT2D eigenvalue weighted by Gasteiger charge is 2.53. The second-order valence-electron chi connectivity index (χ2n) is 7.60. The highest BCUT2D eigenvalue weighted by Crippen LogP contribution is 2.60. The van der Waals surface area contributed by atoms with Gasteiger partial charge >= 0.3 is 0 Å². The Morgan fingerprint density at radius 1 is 1.24 bits per heavy atom. The fourth-order valence-electron chi connectivity index (χ4n) is 4.07. The Morgan fingerprint density at radius 2 is 1.95 bits per heavy atom. The van der Waals surface area contributed by atoms with Gasteiger partial charge in [-0.05, 0) is 79.2 Å². The third kappa shape index (κ3) is 3.45. The van der Waals surface area contributed by atoms with E-state index in [9.17, 15) is 8.78 Å². The zero-order valence-corrected chi connectivity index (χ0v) is 13.0. The van der Waals surface area contributed by atoms with E-state index < -0.39 is 0 Å². The van der Waals surface area contributed by atoms with Crippen LogP contribution >= 0.6 is 0 Å². The van der Waals surface area contributed by atoms with Crippen molar-refractivity contribution in [3.63, 3.8) is 0 Å². The molecule has 1 N–H and O–H groups in total. The molecule has 2 aliphatic rings. The summed E-state index contributed by atoms with van der Waals surface area (Å²) in [5.41, 5.74) is 0.666. The lowest BCUT2D eigenvalue weighted by Gasteiger charge is -2.32. The lowest BCUT2D eigenvalue weighted by molar-refractivity contribution is 0.242. The minimum atomic E-state index is -0.333. The SMILES string of the molecule is CC(C)CNCC1(Cc2cc(F)ccc2F)CC2CC2C1. The average Bonchev–Trinajstić information content (AvgIpc) is 3.02. The molecule has 1 aromatic carbocycles. The Kier molecular flexibility index (Phi) is 4.04. The number of halogens is 2. The molecule has 116 valence electrons. The molecule has 0 aromatic heterocycles. The molecule has 2 unspecified atom stereocenters. The van der Waals surface area contributed by atoms with E-state index in [4.69, 9.17) is 0 Å². The normalized spacial score (nSPS) is 30.7. The summed E-state index contributed by atoms with van der Waals surface area (Å²) in [7, 11) is 0. The van der Waals surface area contributed by atoms with Crippen LogP contribution in [0.15, 0.2) is 18.2 Å². The van der Waals surface area contributed by atoms with E-state index in [1.54, 1.807) is 0 Å². The molecule has 0 amide bonds. The molecule has 0 heterocycles. The summed E-state index contributed by atoms with van der Waals surface area (Å²) in [6, 6.07) is 3.84. The van der Waals surface area contributed by atoms with Crippen LogP contribution in [0, 0.1) is 34.8 Å². The first-order chi connectivity index (χ1) is 9.97. The molecule has 0 bridgehead atoms. The zero-order valence-electron chi connectivity index (χ0n) is 13.0. The van der Waals surface area contributed by atoms with Gasteiger partial charge in [0.1, 0.15) is 11.6 Å². The van der Waals surface area contributed by atoms with Gasteiger partial charge in [0.05, 0.1) is 0 Å². The van der Waals surface area contributed by atoms with Crippen LogP contribution in [-0.2, 0) is 6.42 Å². The van der Waals surface area contributed by atoms with Gasteiger partial charge in [-0.3, -0.25) is 0 Å². The van der Waals surface area contributed by atoms with Gasteiger partial charge in [0.2, 0.25) is 0 Å². The molecular weight excluding hydrogens is 268 g/mol. The minimum absolute atomic E-state index is 0.122. The molecule has 0 spiro atoms. The Bertz CT molecular complexity index is 502. The van der Waals surface area contributed by atoms with Crippen molar-refractivity contribution in [3.8, 4) is 0 Å². The largest absolute Gasteiger partial charge is 0.316 e. The summed E-state index contributed by atoms with van der Waals surface area (Å²) in [6.45, 7) is 6.30. The third-order valence-corrected chi connectivity index (χ3v) is 5.09. The maximum Gasteiger partial charge on any atom is 0.126 e. The van der Waals surface area contributed by atoms with Crippen molar-refractivity contribution in [2.75, 3.05) is 13.1 Å². The second-order valence-corrected chi connectivity index (χ2v) is 7.60. The number of benzene rings is 1. The second kappa shape index (κ2) is 5.68. The van der Waals surface area contributed by atoms with Crippen molar-refractivity contribution in [1.82, 2.24) is 5.32 Å². The molecule has 3 heteroatoms. The maximum atomic E-state index is 14.0. The van der Waals surface area contributed by atoms with Crippen LogP contribution in [0.25, 0.3) is 0 Å². The van der Waals surface area contributed by atoms with Crippen LogP contribution in [-0.4, -0.2) is 13.1 Å². The van der Waals surface area contributed by atoms with E-state index in [0.717, 1.165) is 24.9 Å². The molecule has 3 rings (SSSR count). The van der Waals surface area contributed by atoms with Crippen molar-refractivity contribution in [1.29, 1.82) is 0 Å². The summed E-state index contributed by atoms with van der Waals surface area (Å²) in [6.07, 6.45) is 4.34. The Morgan fingerprint density at radius 3 is 2.62 bits per heavy atom. The van der Waals surface area contributed by atoms with Crippen LogP contribution in [0.4, 0.5) is 8.78 Å². The summed E-state index contributed by atoms with van der Waals surface area (Å²) >= 11 is 0. The average molecular weight is 293 g/mol. The van der Waals surface area contributed by atoms with E-state index in [1.165, 1.54) is 37.5 Å². The smallest absolute Gasteiger partial charge is 0.126 e. The molecule has 21 heavy (non-hydrogen) atoms. The van der Waals surface area contributed by atoms with Gasteiger partial charge in [0, 0.05) is 6.54 Å². The summed E-state index contributed by atoms with van der Waals surface area (Å²) in [5, 5.41) is 3.55. The molecule has 2 atom stereocenters. The first kappa shape index (κ1) is 15.0. The van der Waals surface area contributed by atoms with E-state index in [2.05, 4.69) is 19.2 Å². The highest BCUT2D eigenvalue weighted by atomic mass is 19.1. The predicted octanol–water partition coefficient (Wildman–Crippen LogP) is 4.17. The quantitative estimate of drug-likeness (QED) is 0.830. The van der Waals surface area contributed by atoms with Crippen LogP contribution < -0.4 is 5.32 Å². The van der Waals surface area contributed by atoms with Crippen LogP contribution in [0.2, 0.25) is 0 Å². The zero-order chi connectivity index (χ0) is 15.0. The van der Waals surface area contributed by atoms with Gasteiger partial charge in [-0.25, -0.2) is 8.78 Å². The lowest BCUT2D eigenvalue weighted by atomic mass is 9.77. The topological polar surface area (TPSA) is 12.0 Å². The fourth-order valence-corrected chi connectivity index (χ4v) is 4.07. The van der Waals surface area contributed by atoms with Crippen LogP contribution in [0.1, 0.15) is 38.7 Å². The molecule has 1 aromatic rings. The molecule has 0 aliphatic heterocycles. The third-order valence-electron chi connectivity index (χ3n) is 5.09. The first-order valence-corrected chi connectivity index (χ1v) is 8.12.